The zero-order chi connectivity index (χ0) is 14.4. The molecule has 0 aromatic heterocycles. The molecule has 0 aliphatic heterocycles. The highest BCUT2D eigenvalue weighted by atomic mass is 16.6. The fraction of sp³-hybridized carbons (Fsp3) is 0.118. The number of anilines is 1. The lowest BCUT2D eigenvalue weighted by Gasteiger charge is -2.17. The van der Waals surface area contributed by atoms with Crippen LogP contribution < -0.4 is 4.90 Å². The number of rotatable bonds is 4. The molecule has 0 fully saturated rings. The number of carbonyl (C=O) groups excluding carboxylic acids is 1. The van der Waals surface area contributed by atoms with Gasteiger partial charge in [0.1, 0.15) is 6.61 Å². The third-order valence-electron chi connectivity index (χ3n) is 2.97. The average molecular weight is 267 g/mol. The third-order valence-corrected chi connectivity index (χ3v) is 2.97. The summed E-state index contributed by atoms with van der Waals surface area (Å²) in [5.41, 5.74) is 2.71. The lowest BCUT2D eigenvalue weighted by atomic mass is 10.2. The van der Waals surface area contributed by atoms with E-state index < -0.39 is 0 Å². The van der Waals surface area contributed by atoms with Crippen molar-refractivity contribution in [3.05, 3.63) is 72.3 Å². The molecule has 0 unspecified atom stereocenters. The second-order valence-electron chi connectivity index (χ2n) is 4.40. The van der Waals surface area contributed by atoms with Crippen LogP contribution in [0.1, 0.15) is 11.1 Å². The fourth-order valence-corrected chi connectivity index (χ4v) is 1.78. The van der Waals surface area contributed by atoms with Gasteiger partial charge in [0.15, 0.2) is 0 Å². The Hall–Kier alpha value is -2.55. The molecule has 0 bridgehead atoms. The van der Waals surface area contributed by atoms with Crippen LogP contribution in [0.15, 0.2) is 61.2 Å². The summed E-state index contributed by atoms with van der Waals surface area (Å²) in [5.74, 6) is 0. The van der Waals surface area contributed by atoms with Crippen LogP contribution in [0.4, 0.5) is 10.5 Å². The van der Waals surface area contributed by atoms with Crippen molar-refractivity contribution in [2.24, 2.45) is 0 Å². The Bertz CT molecular complexity index is 593. The summed E-state index contributed by atoms with van der Waals surface area (Å²) < 4.78 is 5.28. The largest absolute Gasteiger partial charge is 0.444 e. The second kappa shape index (κ2) is 6.57. The van der Waals surface area contributed by atoms with Gasteiger partial charge in [-0.2, -0.15) is 0 Å². The first kappa shape index (κ1) is 13.9. The fourth-order valence-electron chi connectivity index (χ4n) is 1.78. The van der Waals surface area contributed by atoms with E-state index in [4.69, 9.17) is 4.74 Å². The van der Waals surface area contributed by atoms with E-state index in [-0.39, 0.29) is 12.7 Å². The molecule has 0 N–H and O–H groups in total. The molecular weight excluding hydrogens is 250 g/mol. The van der Waals surface area contributed by atoms with Crippen molar-refractivity contribution in [1.82, 2.24) is 0 Å². The number of carbonyl (C=O) groups is 1. The van der Waals surface area contributed by atoms with Crippen LogP contribution in [0.3, 0.4) is 0 Å². The van der Waals surface area contributed by atoms with Gasteiger partial charge in [-0.05, 0) is 23.3 Å². The van der Waals surface area contributed by atoms with Crippen LogP contribution in [-0.4, -0.2) is 13.1 Å². The molecule has 3 nitrogen and oxygen atoms in total. The summed E-state index contributed by atoms with van der Waals surface area (Å²) in [6.07, 6.45) is 1.36. The van der Waals surface area contributed by atoms with Crippen LogP contribution in [-0.2, 0) is 11.3 Å². The minimum Gasteiger partial charge on any atom is -0.444 e. The Morgan fingerprint density at radius 1 is 1.20 bits per heavy atom. The Morgan fingerprint density at radius 3 is 2.65 bits per heavy atom. The molecule has 0 atom stereocenters. The minimum absolute atomic E-state index is 0.269. The van der Waals surface area contributed by atoms with Crippen molar-refractivity contribution in [1.29, 1.82) is 0 Å². The van der Waals surface area contributed by atoms with Gasteiger partial charge in [0.25, 0.3) is 0 Å². The van der Waals surface area contributed by atoms with Crippen molar-refractivity contribution < 1.29 is 9.53 Å². The van der Waals surface area contributed by atoms with Crippen molar-refractivity contribution in [3.63, 3.8) is 0 Å². The first-order valence-electron chi connectivity index (χ1n) is 6.37. The topological polar surface area (TPSA) is 29.5 Å². The Kier molecular flexibility index (Phi) is 4.56. The third kappa shape index (κ3) is 3.48. The normalized spacial score (nSPS) is 9.85. The summed E-state index contributed by atoms with van der Waals surface area (Å²) in [6.45, 7) is 3.99. The van der Waals surface area contributed by atoms with E-state index in [1.807, 2.05) is 54.6 Å². The van der Waals surface area contributed by atoms with Gasteiger partial charge in [-0.3, -0.25) is 4.90 Å². The van der Waals surface area contributed by atoms with Gasteiger partial charge in [-0.25, -0.2) is 4.79 Å². The van der Waals surface area contributed by atoms with E-state index in [9.17, 15) is 4.79 Å². The van der Waals surface area contributed by atoms with E-state index in [1.165, 1.54) is 4.90 Å². The summed E-state index contributed by atoms with van der Waals surface area (Å²) in [4.78, 5) is 13.5. The van der Waals surface area contributed by atoms with Crippen molar-refractivity contribution in [2.45, 2.75) is 6.61 Å². The second-order valence-corrected chi connectivity index (χ2v) is 4.40. The van der Waals surface area contributed by atoms with Crippen LogP contribution in [0.5, 0.6) is 0 Å². The molecule has 0 aliphatic carbocycles. The van der Waals surface area contributed by atoms with Crippen LogP contribution in [0.25, 0.3) is 6.08 Å². The molecule has 0 saturated heterocycles. The Labute approximate surface area is 119 Å². The van der Waals surface area contributed by atoms with Gasteiger partial charge >= 0.3 is 6.09 Å². The lowest BCUT2D eigenvalue weighted by Crippen LogP contribution is -2.26. The first-order valence-corrected chi connectivity index (χ1v) is 6.37. The highest BCUT2D eigenvalue weighted by Gasteiger charge is 2.12. The van der Waals surface area contributed by atoms with E-state index in [1.54, 1.807) is 13.1 Å². The predicted octanol–water partition coefficient (Wildman–Crippen LogP) is 4.10. The number of amides is 1. The molecule has 2 aromatic rings. The van der Waals surface area contributed by atoms with Crippen molar-refractivity contribution in [3.8, 4) is 0 Å². The maximum atomic E-state index is 12.0. The highest BCUT2D eigenvalue weighted by molar-refractivity contribution is 5.87. The maximum Gasteiger partial charge on any atom is 0.414 e. The van der Waals surface area contributed by atoms with Gasteiger partial charge in [-0.1, -0.05) is 55.1 Å². The molecule has 20 heavy (non-hydrogen) atoms. The average Bonchev–Trinajstić information content (AvgIpc) is 2.53. The van der Waals surface area contributed by atoms with E-state index in [2.05, 4.69) is 6.58 Å². The predicted molar refractivity (Wildman–Crippen MR) is 81.6 cm³/mol. The van der Waals surface area contributed by atoms with Crippen LogP contribution in [0.2, 0.25) is 0 Å². The summed E-state index contributed by atoms with van der Waals surface area (Å²) in [5, 5.41) is 0. The molecule has 0 saturated carbocycles. The minimum atomic E-state index is -0.380. The number of nitrogens with zero attached hydrogens (tertiary/aromatic N) is 1. The van der Waals surface area contributed by atoms with E-state index in [0.717, 1.165) is 16.8 Å². The highest BCUT2D eigenvalue weighted by Crippen LogP contribution is 2.16. The van der Waals surface area contributed by atoms with Gasteiger partial charge in [0.05, 0.1) is 0 Å². The molecule has 102 valence electrons. The summed E-state index contributed by atoms with van der Waals surface area (Å²) in [6, 6.07) is 17.2. The molecule has 2 aromatic carbocycles. The summed E-state index contributed by atoms with van der Waals surface area (Å²) in [7, 11) is 1.69. The monoisotopic (exact) mass is 267 g/mol. The van der Waals surface area contributed by atoms with Gasteiger partial charge < -0.3 is 4.74 Å². The Balaban J connectivity index is 1.99. The van der Waals surface area contributed by atoms with Crippen molar-refractivity contribution >= 4 is 17.9 Å². The molecule has 2 rings (SSSR count). The standard InChI is InChI=1S/C17H17NO2/c1-3-14-10-7-11-16(12-14)18(2)17(19)20-13-15-8-5-4-6-9-15/h3-12H,1,13H2,2H3. The van der Waals surface area contributed by atoms with E-state index >= 15 is 0 Å². The smallest absolute Gasteiger partial charge is 0.414 e. The van der Waals surface area contributed by atoms with Crippen LogP contribution in [0, 0.1) is 0 Å². The SMILES string of the molecule is C=Cc1cccc(N(C)C(=O)OCc2ccccc2)c1. The van der Waals surface area contributed by atoms with Crippen LogP contribution >= 0.6 is 0 Å². The molecule has 0 radical (unpaired) electrons. The quantitative estimate of drug-likeness (QED) is 0.834. The number of hydrogen-bond acceptors (Lipinski definition) is 2. The zero-order valence-electron chi connectivity index (χ0n) is 11.5. The molecule has 1 amide bonds. The molecule has 0 spiro atoms. The van der Waals surface area contributed by atoms with E-state index in [0.29, 0.717) is 0 Å². The zero-order valence-corrected chi connectivity index (χ0v) is 11.5. The first-order chi connectivity index (χ1) is 9.70. The van der Waals surface area contributed by atoms with Gasteiger partial charge in [-0.15, -0.1) is 0 Å². The maximum absolute atomic E-state index is 12.0. The number of benzene rings is 2. The lowest BCUT2D eigenvalue weighted by molar-refractivity contribution is 0.148. The number of ether oxygens (including phenoxy) is 1. The van der Waals surface area contributed by atoms with Gasteiger partial charge in [0, 0.05) is 12.7 Å². The van der Waals surface area contributed by atoms with Gasteiger partial charge in [0.2, 0.25) is 0 Å². The molecular formula is C17H17NO2. The Morgan fingerprint density at radius 2 is 1.95 bits per heavy atom. The molecule has 0 aliphatic rings. The molecule has 3 heteroatoms. The van der Waals surface area contributed by atoms with Crippen molar-refractivity contribution in [2.75, 3.05) is 11.9 Å². The molecule has 0 heterocycles. The number of hydrogen-bond donors (Lipinski definition) is 0. The summed E-state index contributed by atoms with van der Waals surface area (Å²) >= 11 is 0.